The highest BCUT2D eigenvalue weighted by molar-refractivity contribution is 6.32. The molecule has 0 saturated heterocycles. The van der Waals surface area contributed by atoms with E-state index in [1.807, 2.05) is 0 Å². The molecule has 0 spiro atoms. The van der Waals surface area contributed by atoms with Crippen LogP contribution >= 0.6 is 0 Å². The predicted octanol–water partition coefficient (Wildman–Crippen LogP) is -0.472. The number of aromatic hydroxyl groups is 1. The van der Waals surface area contributed by atoms with E-state index in [0.717, 1.165) is 25.7 Å². The van der Waals surface area contributed by atoms with Crippen molar-refractivity contribution in [3.8, 4) is 5.75 Å². The maximum absolute atomic E-state index is 14.0. The van der Waals surface area contributed by atoms with E-state index in [0.29, 0.717) is 0 Å². The number of primary amides is 1. The molecule has 3 fully saturated rings. The van der Waals surface area contributed by atoms with Crippen LogP contribution in [0.3, 0.4) is 0 Å². The first-order valence-electron chi connectivity index (χ1n) is 13.4. The van der Waals surface area contributed by atoms with Crippen molar-refractivity contribution < 1.29 is 44.1 Å². The molecule has 4 aliphatic rings. The van der Waals surface area contributed by atoms with E-state index in [-0.39, 0.29) is 28.6 Å². The molecule has 40 heavy (non-hydrogen) atoms. The molecule has 4 unspecified atom stereocenters. The van der Waals surface area contributed by atoms with Crippen LogP contribution in [0, 0.1) is 29.6 Å². The first-order valence-corrected chi connectivity index (χ1v) is 13.4. The molecule has 2 amide bonds. The number of benzene rings is 1. The van der Waals surface area contributed by atoms with Crippen molar-refractivity contribution in [2.45, 2.75) is 56.3 Å². The van der Waals surface area contributed by atoms with Gasteiger partial charge in [0.25, 0.3) is 0 Å². The number of nitrogens with zero attached hydrogens (tertiary/aromatic N) is 1. The van der Waals surface area contributed by atoms with Crippen LogP contribution < -0.4 is 11.1 Å². The number of Topliss-reactive ketones (excluding diaryl/α,β-unsaturated/α-hetero) is 4. The Labute approximate surface area is 229 Å². The second-order valence-electron chi connectivity index (χ2n) is 11.8. The lowest BCUT2D eigenvalue weighted by Gasteiger charge is -2.56. The Morgan fingerprint density at radius 1 is 1.07 bits per heavy atom. The number of aliphatic hydroxyl groups excluding tert-OH is 1. The van der Waals surface area contributed by atoms with E-state index in [9.17, 15) is 44.1 Å². The minimum absolute atomic E-state index is 0.207. The number of amides is 2. The van der Waals surface area contributed by atoms with E-state index >= 15 is 0 Å². The average Bonchev–Trinajstić information content (AvgIpc) is 3.42. The largest absolute Gasteiger partial charge is 0.507 e. The summed E-state index contributed by atoms with van der Waals surface area (Å²) >= 11 is 0. The summed E-state index contributed by atoms with van der Waals surface area (Å²) in [5.74, 6) is -14.5. The third kappa shape index (κ3) is 3.69. The number of phenols is 1. The Morgan fingerprint density at radius 3 is 2.27 bits per heavy atom. The monoisotopic (exact) mass is 555 g/mol. The van der Waals surface area contributed by atoms with Gasteiger partial charge in [-0.25, -0.2) is 0 Å². The van der Waals surface area contributed by atoms with Crippen molar-refractivity contribution in [2.24, 2.45) is 35.3 Å². The van der Waals surface area contributed by atoms with Crippen molar-refractivity contribution in [1.29, 1.82) is 0 Å². The molecule has 0 bridgehead atoms. The summed E-state index contributed by atoms with van der Waals surface area (Å²) in [6.45, 7) is 1.61. The number of rotatable bonds is 4. The van der Waals surface area contributed by atoms with Gasteiger partial charge in [-0.05, 0) is 50.6 Å². The zero-order valence-electron chi connectivity index (χ0n) is 22.4. The molecule has 4 aliphatic carbocycles. The van der Waals surface area contributed by atoms with Crippen LogP contribution in [0.5, 0.6) is 5.75 Å². The third-order valence-electron chi connectivity index (χ3n) is 9.45. The van der Waals surface area contributed by atoms with E-state index in [4.69, 9.17) is 5.73 Å². The SMILES string of the molecule is CC1c2c(NC(=O)C3CCCC3)ccc(O)c2C(=O)C2C(=O)[C@@]3(O)C(=O)C(C(N)=O)C(=O)[C@H](N(C)C)[C@H]3C(O)[C@H]21. The number of nitrogens with two attached hydrogens (primary N) is 1. The average molecular weight is 556 g/mol. The van der Waals surface area contributed by atoms with Gasteiger partial charge in [-0.2, -0.15) is 0 Å². The van der Waals surface area contributed by atoms with Crippen molar-refractivity contribution >= 4 is 40.6 Å². The number of ketones is 4. The molecule has 6 N–H and O–H groups in total. The fourth-order valence-corrected chi connectivity index (χ4v) is 7.60. The summed E-state index contributed by atoms with van der Waals surface area (Å²) in [7, 11) is 2.86. The normalized spacial score (nSPS) is 35.8. The van der Waals surface area contributed by atoms with Crippen LogP contribution in [-0.4, -0.2) is 87.0 Å². The Balaban J connectivity index is 1.65. The summed E-state index contributed by atoms with van der Waals surface area (Å²) in [5, 5.41) is 37.0. The number of hydrogen-bond acceptors (Lipinski definition) is 10. The van der Waals surface area contributed by atoms with Gasteiger partial charge in [0.05, 0.1) is 29.5 Å². The van der Waals surface area contributed by atoms with E-state index < -0.39 is 82.1 Å². The van der Waals surface area contributed by atoms with Crippen LogP contribution in [0.15, 0.2) is 12.1 Å². The number of carbonyl (C=O) groups is 6. The molecule has 214 valence electrons. The van der Waals surface area contributed by atoms with Crippen LogP contribution in [0.1, 0.15) is 54.4 Å². The number of fused-ring (bicyclic) bond motifs is 3. The highest BCUT2D eigenvalue weighted by Crippen LogP contribution is 2.55. The Morgan fingerprint density at radius 2 is 1.70 bits per heavy atom. The van der Waals surface area contributed by atoms with Gasteiger partial charge in [0.2, 0.25) is 11.8 Å². The third-order valence-corrected chi connectivity index (χ3v) is 9.45. The van der Waals surface area contributed by atoms with E-state index in [2.05, 4.69) is 5.32 Å². The molecule has 12 nitrogen and oxygen atoms in total. The first-order chi connectivity index (χ1) is 18.7. The molecule has 12 heteroatoms. The van der Waals surface area contributed by atoms with Crippen LogP contribution in [-0.2, 0) is 24.0 Å². The minimum Gasteiger partial charge on any atom is -0.507 e. The summed E-state index contributed by atoms with van der Waals surface area (Å²) in [4.78, 5) is 80.9. The number of hydrogen-bond donors (Lipinski definition) is 5. The summed E-state index contributed by atoms with van der Waals surface area (Å²) in [6, 6.07) is 1.21. The van der Waals surface area contributed by atoms with Crippen molar-refractivity contribution in [2.75, 3.05) is 19.4 Å². The number of aliphatic hydroxyl groups is 2. The van der Waals surface area contributed by atoms with Gasteiger partial charge in [-0.15, -0.1) is 0 Å². The zero-order chi connectivity index (χ0) is 29.4. The van der Waals surface area contributed by atoms with Gasteiger partial charge in [-0.3, -0.25) is 33.7 Å². The van der Waals surface area contributed by atoms with E-state index in [1.165, 1.54) is 31.1 Å². The standard InChI is InChI=1S/C28H33N3O9/c1-10-14-12(30-27(39)11-6-4-5-7-11)8-9-13(32)16(14)21(33)17-15(10)22(34)19-20(31(2)3)23(35)18(26(29)38)25(37)28(19,40)24(17)36/h8-11,15,17-20,22,32,34,40H,4-7H2,1-3H3,(H2,29,38)(H,30,39)/t10?,15-,17?,18?,19-,20+,22?,28+/m0/s1. The topological polar surface area (TPSA) is 204 Å². The lowest BCUT2D eigenvalue weighted by molar-refractivity contribution is -0.196. The van der Waals surface area contributed by atoms with Gasteiger partial charge < -0.3 is 26.4 Å². The van der Waals surface area contributed by atoms with Crippen molar-refractivity contribution in [3.63, 3.8) is 0 Å². The van der Waals surface area contributed by atoms with Gasteiger partial charge in [0, 0.05) is 17.5 Å². The molecular weight excluding hydrogens is 522 g/mol. The van der Waals surface area contributed by atoms with Crippen LogP contribution in [0.25, 0.3) is 0 Å². The molecule has 1 aromatic carbocycles. The minimum atomic E-state index is -3.06. The molecule has 3 saturated carbocycles. The molecule has 0 aromatic heterocycles. The molecule has 1 aromatic rings. The van der Waals surface area contributed by atoms with Crippen molar-refractivity contribution in [1.82, 2.24) is 4.90 Å². The highest BCUT2D eigenvalue weighted by Gasteiger charge is 2.73. The highest BCUT2D eigenvalue weighted by atomic mass is 16.3. The van der Waals surface area contributed by atoms with Crippen LogP contribution in [0.4, 0.5) is 5.69 Å². The quantitative estimate of drug-likeness (QED) is 0.238. The van der Waals surface area contributed by atoms with Crippen molar-refractivity contribution in [3.05, 3.63) is 23.3 Å². The fraction of sp³-hybridized carbons (Fsp3) is 0.571. The lowest BCUT2D eigenvalue weighted by atomic mass is 9.49. The second kappa shape index (κ2) is 9.57. The number of likely N-dealkylation sites (N-methyl/N-ethyl adjacent to an activating group) is 1. The zero-order valence-corrected chi connectivity index (χ0v) is 22.4. The maximum atomic E-state index is 14.0. The Hall–Kier alpha value is -3.48. The Bertz CT molecular complexity index is 1350. The first kappa shape index (κ1) is 28.1. The number of anilines is 1. The van der Waals surface area contributed by atoms with Gasteiger partial charge in [0.15, 0.2) is 34.7 Å². The van der Waals surface area contributed by atoms with Gasteiger partial charge >= 0.3 is 0 Å². The fourth-order valence-electron chi connectivity index (χ4n) is 7.60. The number of nitrogens with one attached hydrogen (secondary N) is 1. The van der Waals surface area contributed by atoms with Gasteiger partial charge in [-0.1, -0.05) is 19.8 Å². The molecule has 0 radical (unpaired) electrons. The van der Waals surface area contributed by atoms with Gasteiger partial charge in [0.1, 0.15) is 5.75 Å². The van der Waals surface area contributed by atoms with E-state index in [1.54, 1.807) is 6.92 Å². The van der Waals surface area contributed by atoms with Crippen LogP contribution in [0.2, 0.25) is 0 Å². The number of carbonyl (C=O) groups excluding carboxylic acids is 6. The second-order valence-corrected chi connectivity index (χ2v) is 11.8. The molecule has 0 aliphatic heterocycles. The maximum Gasteiger partial charge on any atom is 0.235 e. The smallest absolute Gasteiger partial charge is 0.235 e. The summed E-state index contributed by atoms with van der Waals surface area (Å²) in [5.41, 5.74) is 2.48. The predicted molar refractivity (Wildman–Crippen MR) is 138 cm³/mol. The summed E-state index contributed by atoms with van der Waals surface area (Å²) < 4.78 is 0. The number of phenolic OH excluding ortho intramolecular Hbond substituents is 1. The molecule has 0 heterocycles. The lowest BCUT2D eigenvalue weighted by Crippen LogP contribution is -2.77. The summed E-state index contributed by atoms with van der Waals surface area (Å²) in [6.07, 6.45) is 1.54. The Kier molecular flexibility index (Phi) is 6.71. The molecule has 8 atom stereocenters. The molecule has 5 rings (SSSR count). The molecular formula is C28H33N3O9.